The summed E-state index contributed by atoms with van der Waals surface area (Å²) >= 11 is 1.34. The van der Waals surface area contributed by atoms with Gasteiger partial charge in [-0.1, -0.05) is 20.8 Å². The van der Waals surface area contributed by atoms with E-state index >= 15 is 0 Å². The van der Waals surface area contributed by atoms with Crippen molar-refractivity contribution in [2.45, 2.75) is 40.5 Å². The third-order valence-corrected chi connectivity index (χ3v) is 5.37. The van der Waals surface area contributed by atoms with E-state index < -0.39 is 5.41 Å². The van der Waals surface area contributed by atoms with Crippen LogP contribution in [-0.2, 0) is 11.2 Å². The molecule has 2 aromatic rings. The summed E-state index contributed by atoms with van der Waals surface area (Å²) < 4.78 is 0. The minimum atomic E-state index is -0.473. The maximum absolute atomic E-state index is 13.1. The number of nitrogens with one attached hydrogen (secondary N) is 1. The van der Waals surface area contributed by atoms with Crippen molar-refractivity contribution in [2.24, 2.45) is 5.41 Å². The smallest absolute Gasteiger partial charge is 0.268 e. The molecule has 0 saturated carbocycles. The highest BCUT2D eigenvalue weighted by molar-refractivity contribution is 7.18. The van der Waals surface area contributed by atoms with Crippen LogP contribution < -0.4 is 10.2 Å². The molecule has 0 bridgehead atoms. The predicted octanol–water partition coefficient (Wildman–Crippen LogP) is 4.03. The molecular weight excluding hydrogens is 334 g/mol. The van der Waals surface area contributed by atoms with Crippen LogP contribution in [0.15, 0.2) is 24.4 Å². The normalized spacial score (nSPS) is 14.2. The number of carbonyl (C=O) groups is 2. The number of pyridine rings is 1. The van der Waals surface area contributed by atoms with Gasteiger partial charge in [-0.15, -0.1) is 11.3 Å². The molecule has 0 unspecified atom stereocenters. The fraction of sp³-hybridized carbons (Fsp3) is 0.421. The number of nitrogens with zero attached hydrogens (tertiary/aromatic N) is 2. The molecule has 0 radical (unpaired) electrons. The van der Waals surface area contributed by atoms with Crippen LogP contribution in [0.4, 0.5) is 10.7 Å². The second-order valence-electron chi connectivity index (χ2n) is 7.36. The summed E-state index contributed by atoms with van der Waals surface area (Å²) in [5.74, 6) is -0.0759. The van der Waals surface area contributed by atoms with Gasteiger partial charge in [0.1, 0.15) is 0 Å². The maximum atomic E-state index is 13.1. The minimum Gasteiger partial charge on any atom is -0.317 e. The lowest BCUT2D eigenvalue weighted by Gasteiger charge is -2.28. The van der Waals surface area contributed by atoms with E-state index in [1.807, 2.05) is 45.9 Å². The molecule has 2 aromatic heterocycles. The zero-order valence-corrected chi connectivity index (χ0v) is 15.9. The zero-order valence-electron chi connectivity index (χ0n) is 15.0. The first-order valence-corrected chi connectivity index (χ1v) is 9.26. The number of aryl methyl sites for hydroxylation is 2. The molecule has 2 amide bonds. The molecule has 0 saturated heterocycles. The van der Waals surface area contributed by atoms with Gasteiger partial charge in [-0.25, -0.2) is 0 Å². The second kappa shape index (κ2) is 6.59. The summed E-state index contributed by atoms with van der Waals surface area (Å²) in [6.07, 6.45) is 3.58. The van der Waals surface area contributed by atoms with Crippen molar-refractivity contribution in [2.75, 3.05) is 16.8 Å². The molecule has 25 heavy (non-hydrogen) atoms. The molecule has 6 heteroatoms. The largest absolute Gasteiger partial charge is 0.317 e. The highest BCUT2D eigenvalue weighted by Crippen LogP contribution is 2.32. The topological polar surface area (TPSA) is 62.3 Å². The van der Waals surface area contributed by atoms with Crippen molar-refractivity contribution in [1.29, 1.82) is 0 Å². The van der Waals surface area contributed by atoms with Crippen molar-refractivity contribution < 1.29 is 9.59 Å². The average Bonchev–Trinajstić information content (AvgIpc) is 2.93. The molecule has 1 N–H and O–H groups in total. The summed E-state index contributed by atoms with van der Waals surface area (Å²) in [6.45, 7) is 8.20. The number of hydrogen-bond acceptors (Lipinski definition) is 4. The van der Waals surface area contributed by atoms with Crippen molar-refractivity contribution in [3.05, 3.63) is 40.5 Å². The molecule has 0 atom stereocenters. The zero-order chi connectivity index (χ0) is 18.2. The standard InChI is InChI=1S/C19H23N3O2S/c1-12-11-15(21-18(24)19(2,3)4)25-16(12)17(23)22-10-6-7-13-14(22)8-5-9-20-13/h5,8-9,11H,6-7,10H2,1-4H3,(H,21,24). The third kappa shape index (κ3) is 3.58. The number of fused-ring (bicyclic) bond motifs is 1. The first-order valence-electron chi connectivity index (χ1n) is 8.45. The fourth-order valence-corrected chi connectivity index (χ4v) is 3.80. The number of amides is 2. The fourth-order valence-electron chi connectivity index (χ4n) is 2.78. The molecule has 3 rings (SSSR count). The van der Waals surface area contributed by atoms with Crippen LogP contribution in [0.25, 0.3) is 0 Å². The van der Waals surface area contributed by atoms with Crippen LogP contribution in [0.5, 0.6) is 0 Å². The summed E-state index contributed by atoms with van der Waals surface area (Å²) in [5, 5.41) is 3.63. The van der Waals surface area contributed by atoms with E-state index in [-0.39, 0.29) is 11.8 Å². The second-order valence-corrected chi connectivity index (χ2v) is 8.41. The number of hydrogen-bond donors (Lipinski definition) is 1. The predicted molar refractivity (Wildman–Crippen MR) is 101 cm³/mol. The van der Waals surface area contributed by atoms with Crippen molar-refractivity contribution >= 4 is 33.8 Å². The number of rotatable bonds is 2. The third-order valence-electron chi connectivity index (χ3n) is 4.23. The Balaban J connectivity index is 1.86. The van der Waals surface area contributed by atoms with E-state index in [2.05, 4.69) is 10.3 Å². The molecule has 0 aromatic carbocycles. The molecule has 1 aliphatic rings. The van der Waals surface area contributed by atoms with E-state index in [1.165, 1.54) is 11.3 Å². The number of anilines is 2. The molecule has 5 nitrogen and oxygen atoms in total. The van der Waals surface area contributed by atoms with Gasteiger partial charge in [-0.2, -0.15) is 0 Å². The summed E-state index contributed by atoms with van der Waals surface area (Å²) in [4.78, 5) is 32.1. The first kappa shape index (κ1) is 17.6. The molecule has 0 aliphatic carbocycles. The maximum Gasteiger partial charge on any atom is 0.268 e. The lowest BCUT2D eigenvalue weighted by atomic mass is 9.96. The van der Waals surface area contributed by atoms with Crippen LogP contribution in [0.3, 0.4) is 0 Å². The lowest BCUT2D eigenvalue weighted by Crippen LogP contribution is -2.35. The average molecular weight is 357 g/mol. The molecule has 0 fully saturated rings. The molecular formula is C19H23N3O2S. The minimum absolute atomic E-state index is 0.0206. The molecule has 0 spiro atoms. The van der Waals surface area contributed by atoms with Gasteiger partial charge in [0.25, 0.3) is 5.91 Å². The van der Waals surface area contributed by atoms with E-state index in [0.717, 1.165) is 29.8 Å². The van der Waals surface area contributed by atoms with Gasteiger partial charge in [0.15, 0.2) is 0 Å². The molecule has 3 heterocycles. The Morgan fingerprint density at radius 2 is 2.08 bits per heavy atom. The quantitative estimate of drug-likeness (QED) is 0.883. The Labute approximate surface area is 152 Å². The van der Waals surface area contributed by atoms with Crippen LogP contribution in [0.1, 0.15) is 48.1 Å². The van der Waals surface area contributed by atoms with Crippen molar-refractivity contribution in [3.63, 3.8) is 0 Å². The summed E-state index contributed by atoms with van der Waals surface area (Å²) in [7, 11) is 0. The monoisotopic (exact) mass is 357 g/mol. The van der Waals surface area contributed by atoms with Gasteiger partial charge in [-0.3, -0.25) is 14.6 Å². The Morgan fingerprint density at radius 1 is 1.32 bits per heavy atom. The van der Waals surface area contributed by atoms with Gasteiger partial charge >= 0.3 is 0 Å². The van der Waals surface area contributed by atoms with Crippen LogP contribution in [0.2, 0.25) is 0 Å². The lowest BCUT2D eigenvalue weighted by molar-refractivity contribution is -0.123. The number of aromatic nitrogens is 1. The van der Waals surface area contributed by atoms with E-state index in [0.29, 0.717) is 16.4 Å². The van der Waals surface area contributed by atoms with Gasteiger partial charge in [0.05, 0.1) is 21.3 Å². The Hall–Kier alpha value is -2.21. The van der Waals surface area contributed by atoms with E-state index in [9.17, 15) is 9.59 Å². The summed E-state index contributed by atoms with van der Waals surface area (Å²) in [5.41, 5.74) is 2.28. The SMILES string of the molecule is Cc1cc(NC(=O)C(C)(C)C)sc1C(=O)N1CCCc2ncccc21. The van der Waals surface area contributed by atoms with Crippen LogP contribution >= 0.6 is 11.3 Å². The highest BCUT2D eigenvalue weighted by Gasteiger charge is 2.27. The first-order chi connectivity index (χ1) is 11.8. The highest BCUT2D eigenvalue weighted by atomic mass is 32.1. The van der Waals surface area contributed by atoms with Gasteiger partial charge in [-0.05, 0) is 43.5 Å². The van der Waals surface area contributed by atoms with Gasteiger partial charge < -0.3 is 10.2 Å². The Bertz CT molecular complexity index is 820. The van der Waals surface area contributed by atoms with Crippen LogP contribution in [0, 0.1) is 12.3 Å². The van der Waals surface area contributed by atoms with Gasteiger partial charge in [0.2, 0.25) is 5.91 Å². The number of thiophene rings is 1. The van der Waals surface area contributed by atoms with E-state index in [4.69, 9.17) is 0 Å². The Morgan fingerprint density at radius 3 is 2.80 bits per heavy atom. The van der Waals surface area contributed by atoms with E-state index in [1.54, 1.807) is 11.1 Å². The molecule has 132 valence electrons. The van der Waals surface area contributed by atoms with Crippen LogP contribution in [-0.4, -0.2) is 23.3 Å². The summed E-state index contributed by atoms with van der Waals surface area (Å²) in [6, 6.07) is 5.68. The van der Waals surface area contributed by atoms with Gasteiger partial charge in [0, 0.05) is 18.2 Å². The molecule has 1 aliphatic heterocycles. The van der Waals surface area contributed by atoms with Crippen molar-refractivity contribution in [3.8, 4) is 0 Å². The Kier molecular flexibility index (Phi) is 4.64. The number of carbonyl (C=O) groups excluding carboxylic acids is 2. The van der Waals surface area contributed by atoms with Crippen molar-refractivity contribution in [1.82, 2.24) is 4.98 Å².